The largest absolute Gasteiger partial charge is 0.374 e. The number of carbonyl (C=O) groups excluding carboxylic acids is 1. The second-order valence-electron chi connectivity index (χ2n) is 2.64. The molecule has 0 bridgehead atoms. The van der Waals surface area contributed by atoms with E-state index in [-0.39, 0.29) is 5.78 Å². The Labute approximate surface area is 54.2 Å². The van der Waals surface area contributed by atoms with Crippen molar-refractivity contribution in [1.82, 2.24) is 0 Å². The third-order valence-corrected chi connectivity index (χ3v) is 1.85. The summed E-state index contributed by atoms with van der Waals surface area (Å²) in [7, 11) is 0. The first-order chi connectivity index (χ1) is 4.15. The van der Waals surface area contributed by atoms with E-state index in [4.69, 9.17) is 4.74 Å². The minimum absolute atomic E-state index is 0.139. The maximum Gasteiger partial charge on any atom is 0.192 e. The molecule has 52 valence electrons. The molecule has 0 saturated carbocycles. The molecule has 3 nitrogen and oxygen atoms in total. The quantitative estimate of drug-likeness (QED) is 0.493. The summed E-state index contributed by atoms with van der Waals surface area (Å²) in [6, 6.07) is 0. The van der Waals surface area contributed by atoms with Crippen molar-refractivity contribution < 1.29 is 15.3 Å². The molecule has 1 saturated heterocycles. The molecule has 9 heavy (non-hydrogen) atoms. The standard InChI is InChI=1S/C6H11NO2/c1-5(8)6(7)2-3-9-4-6/h2-4,7H2,1H3/p+1/t6-/m0/s1. The van der Waals surface area contributed by atoms with Crippen LogP contribution in [0.1, 0.15) is 13.3 Å². The van der Waals surface area contributed by atoms with Gasteiger partial charge in [-0.3, -0.25) is 4.79 Å². The van der Waals surface area contributed by atoms with Gasteiger partial charge in [0.15, 0.2) is 11.3 Å². The van der Waals surface area contributed by atoms with Crippen molar-refractivity contribution in [2.45, 2.75) is 18.9 Å². The molecule has 1 rings (SSSR count). The summed E-state index contributed by atoms with van der Waals surface area (Å²) < 4.78 is 5.04. The molecule has 0 unspecified atom stereocenters. The van der Waals surface area contributed by atoms with Gasteiger partial charge in [-0.25, -0.2) is 0 Å². The minimum atomic E-state index is -0.417. The lowest BCUT2D eigenvalue weighted by atomic mass is 9.96. The van der Waals surface area contributed by atoms with Crippen LogP contribution >= 0.6 is 0 Å². The zero-order chi connectivity index (χ0) is 6.91. The van der Waals surface area contributed by atoms with E-state index in [0.29, 0.717) is 13.2 Å². The molecular formula is C6H12NO2+. The van der Waals surface area contributed by atoms with Crippen LogP contribution in [0.15, 0.2) is 0 Å². The number of Topliss-reactive ketones (excluding diaryl/α,β-unsaturated/α-hetero) is 1. The summed E-state index contributed by atoms with van der Waals surface area (Å²) in [5, 5.41) is 0. The van der Waals surface area contributed by atoms with Gasteiger partial charge in [0.2, 0.25) is 0 Å². The highest BCUT2D eigenvalue weighted by molar-refractivity contribution is 5.84. The lowest BCUT2D eigenvalue weighted by Gasteiger charge is -2.11. The van der Waals surface area contributed by atoms with Crippen molar-refractivity contribution in [2.24, 2.45) is 0 Å². The van der Waals surface area contributed by atoms with Crippen LogP contribution in [0.3, 0.4) is 0 Å². The van der Waals surface area contributed by atoms with Crippen molar-refractivity contribution in [2.75, 3.05) is 13.2 Å². The zero-order valence-corrected chi connectivity index (χ0v) is 5.64. The topological polar surface area (TPSA) is 53.9 Å². The maximum absolute atomic E-state index is 10.8. The molecule has 0 radical (unpaired) electrons. The lowest BCUT2D eigenvalue weighted by Crippen LogP contribution is -2.76. The Balaban J connectivity index is 2.61. The average molecular weight is 130 g/mol. The van der Waals surface area contributed by atoms with Crippen LogP contribution in [0.25, 0.3) is 0 Å². The van der Waals surface area contributed by atoms with Gasteiger partial charge in [-0.1, -0.05) is 0 Å². The Morgan fingerprint density at radius 3 is 2.67 bits per heavy atom. The third-order valence-electron chi connectivity index (χ3n) is 1.85. The van der Waals surface area contributed by atoms with Crippen LogP contribution in [0.2, 0.25) is 0 Å². The zero-order valence-electron chi connectivity index (χ0n) is 5.64. The number of hydrogen-bond donors (Lipinski definition) is 1. The van der Waals surface area contributed by atoms with E-state index < -0.39 is 5.54 Å². The number of ketones is 1. The SMILES string of the molecule is CC(=O)[C@]1([NH3+])CCOC1. The average Bonchev–Trinajstić information content (AvgIpc) is 2.16. The van der Waals surface area contributed by atoms with Gasteiger partial charge in [-0.2, -0.15) is 0 Å². The highest BCUT2D eigenvalue weighted by atomic mass is 16.5. The fraction of sp³-hybridized carbons (Fsp3) is 0.833. The molecule has 0 aliphatic carbocycles. The van der Waals surface area contributed by atoms with Crippen LogP contribution in [-0.2, 0) is 9.53 Å². The molecule has 0 spiro atoms. The number of hydrogen-bond acceptors (Lipinski definition) is 2. The predicted molar refractivity (Wildman–Crippen MR) is 31.7 cm³/mol. The summed E-state index contributed by atoms with van der Waals surface area (Å²) in [6.07, 6.45) is 0.780. The molecule has 0 aromatic carbocycles. The van der Waals surface area contributed by atoms with E-state index in [1.807, 2.05) is 0 Å². The van der Waals surface area contributed by atoms with Crippen LogP contribution in [-0.4, -0.2) is 24.5 Å². The molecule has 1 aliphatic heterocycles. The lowest BCUT2D eigenvalue weighted by molar-refractivity contribution is -0.453. The third kappa shape index (κ3) is 1.11. The summed E-state index contributed by atoms with van der Waals surface area (Å²) >= 11 is 0. The second-order valence-corrected chi connectivity index (χ2v) is 2.64. The second kappa shape index (κ2) is 2.08. The Morgan fingerprint density at radius 2 is 2.44 bits per heavy atom. The first-order valence-electron chi connectivity index (χ1n) is 3.09. The Morgan fingerprint density at radius 1 is 1.78 bits per heavy atom. The molecule has 0 aromatic rings. The fourth-order valence-electron chi connectivity index (χ4n) is 0.885. The van der Waals surface area contributed by atoms with Crippen molar-refractivity contribution in [3.8, 4) is 0 Å². The van der Waals surface area contributed by atoms with Gasteiger partial charge in [0.25, 0.3) is 0 Å². The summed E-state index contributed by atoms with van der Waals surface area (Å²) in [6.45, 7) is 2.76. The van der Waals surface area contributed by atoms with Crippen molar-refractivity contribution in [1.29, 1.82) is 0 Å². The fourth-order valence-corrected chi connectivity index (χ4v) is 0.885. The van der Waals surface area contributed by atoms with Crippen LogP contribution in [0.5, 0.6) is 0 Å². The van der Waals surface area contributed by atoms with Crippen molar-refractivity contribution >= 4 is 5.78 Å². The van der Waals surface area contributed by atoms with Gasteiger partial charge in [0, 0.05) is 13.3 Å². The number of rotatable bonds is 1. The molecule has 3 heteroatoms. The Bertz CT molecular complexity index is 127. The normalized spacial score (nSPS) is 34.9. The summed E-state index contributed by atoms with van der Waals surface area (Å²) in [5.74, 6) is 0.139. The van der Waals surface area contributed by atoms with Gasteiger partial charge in [0.1, 0.15) is 6.61 Å². The highest BCUT2D eigenvalue weighted by Crippen LogP contribution is 2.13. The molecular weight excluding hydrogens is 118 g/mol. The number of ether oxygens (including phenoxy) is 1. The number of quaternary nitrogens is 1. The van der Waals surface area contributed by atoms with Crippen LogP contribution in [0, 0.1) is 0 Å². The molecule has 0 aromatic heterocycles. The van der Waals surface area contributed by atoms with Gasteiger partial charge in [-0.05, 0) is 0 Å². The van der Waals surface area contributed by atoms with Crippen LogP contribution in [0.4, 0.5) is 0 Å². The van der Waals surface area contributed by atoms with Crippen molar-refractivity contribution in [3.05, 3.63) is 0 Å². The van der Waals surface area contributed by atoms with Gasteiger partial charge >= 0.3 is 0 Å². The predicted octanol–water partition coefficient (Wildman–Crippen LogP) is -1.02. The van der Waals surface area contributed by atoms with E-state index in [0.717, 1.165) is 6.42 Å². The van der Waals surface area contributed by atoms with Crippen LogP contribution < -0.4 is 5.73 Å². The van der Waals surface area contributed by atoms with Gasteiger partial charge in [0.05, 0.1) is 6.61 Å². The maximum atomic E-state index is 10.8. The first kappa shape index (κ1) is 6.71. The monoisotopic (exact) mass is 130 g/mol. The molecule has 1 atom stereocenters. The minimum Gasteiger partial charge on any atom is -0.374 e. The first-order valence-corrected chi connectivity index (χ1v) is 3.09. The summed E-state index contributed by atoms with van der Waals surface area (Å²) in [4.78, 5) is 10.8. The molecule has 0 amide bonds. The Hall–Kier alpha value is -0.410. The Kier molecular flexibility index (Phi) is 1.55. The van der Waals surface area contributed by atoms with E-state index in [2.05, 4.69) is 5.73 Å². The highest BCUT2D eigenvalue weighted by Gasteiger charge is 2.39. The molecule has 1 heterocycles. The van der Waals surface area contributed by atoms with E-state index in [1.165, 1.54) is 0 Å². The van der Waals surface area contributed by atoms with E-state index in [1.54, 1.807) is 6.92 Å². The molecule has 3 N–H and O–H groups in total. The van der Waals surface area contributed by atoms with E-state index in [9.17, 15) is 4.79 Å². The summed E-state index contributed by atoms with van der Waals surface area (Å²) in [5.41, 5.74) is 3.38. The number of carbonyl (C=O) groups is 1. The molecule has 1 aliphatic rings. The van der Waals surface area contributed by atoms with Gasteiger partial charge in [-0.15, -0.1) is 0 Å². The van der Waals surface area contributed by atoms with Gasteiger partial charge < -0.3 is 10.5 Å². The smallest absolute Gasteiger partial charge is 0.192 e. The van der Waals surface area contributed by atoms with E-state index >= 15 is 0 Å². The molecule has 1 fully saturated rings. The van der Waals surface area contributed by atoms with Crippen molar-refractivity contribution in [3.63, 3.8) is 0 Å².